The van der Waals surface area contributed by atoms with Crippen LogP contribution in [0.25, 0.3) is 0 Å². The number of hydrogen-bond acceptors (Lipinski definition) is 9. The molecule has 10 heteroatoms. The third kappa shape index (κ3) is 4.17. The van der Waals surface area contributed by atoms with E-state index in [-0.39, 0.29) is 29.9 Å². The first-order valence-corrected chi connectivity index (χ1v) is 9.52. The number of ether oxygens (including phenoxy) is 2. The second-order valence-electron chi connectivity index (χ2n) is 7.13. The van der Waals surface area contributed by atoms with Crippen LogP contribution in [0, 0.1) is 0 Å². The zero-order chi connectivity index (χ0) is 20.4. The largest absolute Gasteiger partial charge is 0.489 e. The van der Waals surface area contributed by atoms with Gasteiger partial charge in [0.05, 0.1) is 11.4 Å². The number of anilines is 4. The van der Waals surface area contributed by atoms with Crippen molar-refractivity contribution in [2.45, 2.75) is 24.9 Å². The van der Waals surface area contributed by atoms with Crippen LogP contribution in [0.4, 0.5) is 23.1 Å². The van der Waals surface area contributed by atoms with Crippen molar-refractivity contribution in [3.8, 4) is 5.75 Å². The Bertz CT molecular complexity index is 916. The van der Waals surface area contributed by atoms with Crippen LogP contribution in [0.15, 0.2) is 18.2 Å². The molecule has 2 aliphatic rings. The van der Waals surface area contributed by atoms with Gasteiger partial charge in [0.1, 0.15) is 29.8 Å². The molecule has 10 nitrogen and oxygen atoms in total. The fourth-order valence-electron chi connectivity index (χ4n) is 3.54. The Hall–Kier alpha value is -3.11. The lowest BCUT2D eigenvalue weighted by Crippen LogP contribution is -2.24. The molecule has 2 aromatic rings. The molecular formula is C19H24N6O4. The van der Waals surface area contributed by atoms with Gasteiger partial charge in [0.15, 0.2) is 0 Å². The number of fused-ring (bicyclic) bond motifs is 1. The summed E-state index contributed by atoms with van der Waals surface area (Å²) in [7, 11) is 0. The molecular weight excluding hydrogens is 376 g/mol. The van der Waals surface area contributed by atoms with E-state index in [2.05, 4.69) is 20.6 Å². The van der Waals surface area contributed by atoms with Gasteiger partial charge in [0.2, 0.25) is 5.95 Å². The van der Waals surface area contributed by atoms with E-state index in [1.54, 1.807) is 6.07 Å². The summed E-state index contributed by atoms with van der Waals surface area (Å²) in [5.41, 5.74) is 13.8. The van der Waals surface area contributed by atoms with Gasteiger partial charge in [0, 0.05) is 31.4 Å². The van der Waals surface area contributed by atoms with E-state index >= 15 is 0 Å². The summed E-state index contributed by atoms with van der Waals surface area (Å²) in [6, 6.07) is 5.44. The highest BCUT2D eigenvalue weighted by molar-refractivity contribution is 5.98. The molecule has 0 saturated carbocycles. The molecule has 2 aliphatic heterocycles. The van der Waals surface area contributed by atoms with Crippen molar-refractivity contribution in [1.82, 2.24) is 9.97 Å². The molecule has 0 aliphatic carbocycles. The van der Waals surface area contributed by atoms with Crippen molar-refractivity contribution in [2.24, 2.45) is 5.73 Å². The minimum absolute atomic E-state index is 0.0284. The van der Waals surface area contributed by atoms with Gasteiger partial charge in [-0.05, 0) is 31.0 Å². The van der Waals surface area contributed by atoms with Crippen LogP contribution in [0.3, 0.4) is 0 Å². The summed E-state index contributed by atoms with van der Waals surface area (Å²) >= 11 is 0. The summed E-state index contributed by atoms with van der Waals surface area (Å²) in [5.74, 6) is 0.375. The molecule has 0 spiro atoms. The highest BCUT2D eigenvalue weighted by Crippen LogP contribution is 2.33. The highest BCUT2D eigenvalue weighted by atomic mass is 16.5. The molecule has 1 atom stereocenters. The number of aromatic nitrogens is 2. The molecule has 154 valence electrons. The van der Waals surface area contributed by atoms with E-state index in [9.17, 15) is 9.90 Å². The predicted octanol–water partition coefficient (Wildman–Crippen LogP) is 0.960. The average molecular weight is 400 g/mol. The fourth-order valence-corrected chi connectivity index (χ4v) is 3.54. The van der Waals surface area contributed by atoms with Gasteiger partial charge in [-0.2, -0.15) is 4.98 Å². The Balaban J connectivity index is 1.64. The van der Waals surface area contributed by atoms with Gasteiger partial charge in [0.25, 0.3) is 5.91 Å². The van der Waals surface area contributed by atoms with E-state index in [1.165, 1.54) is 0 Å². The predicted molar refractivity (Wildman–Crippen MR) is 107 cm³/mol. The van der Waals surface area contributed by atoms with E-state index < -0.39 is 12.0 Å². The van der Waals surface area contributed by atoms with E-state index in [1.807, 2.05) is 12.1 Å². The van der Waals surface area contributed by atoms with Crippen molar-refractivity contribution in [1.29, 1.82) is 0 Å². The van der Waals surface area contributed by atoms with Crippen LogP contribution < -0.4 is 26.8 Å². The number of aliphatic hydroxyl groups is 1. The van der Waals surface area contributed by atoms with Crippen LogP contribution in [-0.2, 0) is 4.74 Å². The molecule has 1 aromatic heterocycles. The lowest BCUT2D eigenvalue weighted by atomic mass is 9.92. The second kappa shape index (κ2) is 8.10. The first kappa shape index (κ1) is 19.2. The standard InChI is InChI=1S/C19H24N6O4/c20-17-15(18(21)27)16(10-3-5-28-6-4-10)24-19(25-17)23-11-1-2-14-13(7-11)22-8-12(26)9-29-14/h1-2,7,10,12,22,26H,3-6,8-9H2,(H2,21,27)(H3,20,23,24,25). The fraction of sp³-hybridized carbons (Fsp3) is 0.421. The van der Waals surface area contributed by atoms with Crippen LogP contribution in [0.5, 0.6) is 5.75 Å². The van der Waals surface area contributed by atoms with Gasteiger partial charge in [-0.1, -0.05) is 0 Å². The van der Waals surface area contributed by atoms with E-state index in [0.717, 1.165) is 18.5 Å². The topological polar surface area (TPSA) is 158 Å². The Morgan fingerprint density at radius 1 is 1.28 bits per heavy atom. The molecule has 1 fully saturated rings. The molecule has 3 heterocycles. The van der Waals surface area contributed by atoms with Gasteiger partial charge >= 0.3 is 0 Å². The quantitative estimate of drug-likeness (QED) is 0.504. The Kier molecular flexibility index (Phi) is 5.36. The number of nitrogens with zero attached hydrogens (tertiary/aromatic N) is 2. The van der Waals surface area contributed by atoms with Crippen LogP contribution in [-0.4, -0.2) is 53.5 Å². The van der Waals surface area contributed by atoms with Crippen LogP contribution >= 0.6 is 0 Å². The van der Waals surface area contributed by atoms with Gasteiger partial charge < -0.3 is 36.7 Å². The summed E-state index contributed by atoms with van der Waals surface area (Å²) in [6.07, 6.45) is 0.891. The Morgan fingerprint density at radius 2 is 2.07 bits per heavy atom. The number of benzene rings is 1. The number of carbonyl (C=O) groups is 1. The van der Waals surface area contributed by atoms with E-state index in [0.29, 0.717) is 36.9 Å². The lowest BCUT2D eigenvalue weighted by molar-refractivity contribution is 0.0836. The molecule has 0 radical (unpaired) electrons. The maximum atomic E-state index is 11.9. The number of carbonyl (C=O) groups excluding carboxylic acids is 1. The summed E-state index contributed by atoms with van der Waals surface area (Å²) in [5, 5.41) is 16.0. The Labute approximate surface area is 167 Å². The van der Waals surface area contributed by atoms with Crippen molar-refractivity contribution in [3.05, 3.63) is 29.5 Å². The van der Waals surface area contributed by atoms with E-state index in [4.69, 9.17) is 20.9 Å². The second-order valence-corrected chi connectivity index (χ2v) is 7.13. The number of primary amides is 1. The summed E-state index contributed by atoms with van der Waals surface area (Å²) < 4.78 is 11.0. The number of nitrogen functional groups attached to an aromatic ring is 1. The smallest absolute Gasteiger partial charge is 0.254 e. The van der Waals surface area contributed by atoms with Crippen LogP contribution in [0.1, 0.15) is 34.8 Å². The number of aliphatic hydroxyl groups excluding tert-OH is 1. The minimum Gasteiger partial charge on any atom is -0.489 e. The summed E-state index contributed by atoms with van der Waals surface area (Å²) in [4.78, 5) is 20.7. The number of β-amino-alcohol motifs (C(OH)–C–C–N with tert-alkyl or cyclic N) is 1. The molecule has 4 rings (SSSR count). The molecule has 1 amide bonds. The first-order chi connectivity index (χ1) is 14.0. The third-order valence-electron chi connectivity index (χ3n) is 5.01. The van der Waals surface area contributed by atoms with Gasteiger partial charge in [-0.15, -0.1) is 0 Å². The third-order valence-corrected chi connectivity index (χ3v) is 5.01. The molecule has 1 unspecified atom stereocenters. The van der Waals surface area contributed by atoms with Gasteiger partial charge in [-0.3, -0.25) is 4.79 Å². The molecule has 7 N–H and O–H groups in total. The first-order valence-electron chi connectivity index (χ1n) is 9.52. The van der Waals surface area contributed by atoms with Crippen molar-refractivity contribution >= 4 is 29.0 Å². The average Bonchev–Trinajstić information content (AvgIpc) is 2.89. The zero-order valence-electron chi connectivity index (χ0n) is 15.9. The number of nitrogens with two attached hydrogens (primary N) is 2. The maximum Gasteiger partial charge on any atom is 0.254 e. The van der Waals surface area contributed by atoms with Crippen molar-refractivity contribution in [2.75, 3.05) is 42.7 Å². The lowest BCUT2D eigenvalue weighted by Gasteiger charge is -2.24. The number of rotatable bonds is 4. The monoisotopic (exact) mass is 400 g/mol. The van der Waals surface area contributed by atoms with Gasteiger partial charge in [-0.25, -0.2) is 4.98 Å². The maximum absolute atomic E-state index is 11.9. The summed E-state index contributed by atoms with van der Waals surface area (Å²) in [6.45, 7) is 1.81. The number of amides is 1. The number of hydrogen-bond donors (Lipinski definition) is 5. The van der Waals surface area contributed by atoms with Crippen molar-refractivity contribution in [3.63, 3.8) is 0 Å². The molecule has 0 bridgehead atoms. The van der Waals surface area contributed by atoms with Crippen molar-refractivity contribution < 1.29 is 19.4 Å². The molecule has 1 aromatic carbocycles. The highest BCUT2D eigenvalue weighted by Gasteiger charge is 2.26. The number of nitrogens with one attached hydrogen (secondary N) is 2. The zero-order valence-corrected chi connectivity index (χ0v) is 15.9. The molecule has 1 saturated heterocycles. The minimum atomic E-state index is -0.638. The molecule has 29 heavy (non-hydrogen) atoms. The SMILES string of the molecule is NC(=O)c1c(N)nc(Nc2ccc3c(c2)NCC(O)CO3)nc1C1CCOCC1. The Morgan fingerprint density at radius 3 is 2.83 bits per heavy atom. The normalized spacial score (nSPS) is 19.4. The van der Waals surface area contributed by atoms with Crippen LogP contribution in [0.2, 0.25) is 0 Å².